The second kappa shape index (κ2) is 6.56. The molecule has 2 unspecified atom stereocenters. The van der Waals surface area contributed by atoms with E-state index in [1.807, 2.05) is 20.8 Å². The highest BCUT2D eigenvalue weighted by Crippen LogP contribution is 2.55. The largest absolute Gasteiger partial charge is 0.444 e. The van der Waals surface area contributed by atoms with Crippen LogP contribution in [0.25, 0.3) is 0 Å². The summed E-state index contributed by atoms with van der Waals surface area (Å²) in [6, 6.07) is 11.2. The number of amides is 1. The molecule has 4 aliphatic carbocycles. The first-order valence-electron chi connectivity index (χ1n) is 10.1. The summed E-state index contributed by atoms with van der Waals surface area (Å²) in [7, 11) is 0. The first-order chi connectivity index (χ1) is 12.3. The maximum atomic E-state index is 12.4. The summed E-state index contributed by atoms with van der Waals surface area (Å²) in [6.07, 6.45) is 5.68. The normalized spacial score (nSPS) is 35.3. The molecule has 1 amide bonds. The molecule has 2 N–H and O–H groups in total. The van der Waals surface area contributed by atoms with Crippen molar-refractivity contribution in [1.82, 2.24) is 10.6 Å². The summed E-state index contributed by atoms with van der Waals surface area (Å²) in [6.45, 7) is 6.72. The van der Waals surface area contributed by atoms with E-state index in [2.05, 4.69) is 41.0 Å². The zero-order valence-corrected chi connectivity index (χ0v) is 16.3. The lowest BCUT2D eigenvalue weighted by Crippen LogP contribution is -2.66. The fraction of sp³-hybridized carbons (Fsp3) is 0.682. The molecule has 4 heteroatoms. The molecule has 4 nitrogen and oxygen atoms in total. The van der Waals surface area contributed by atoms with Crippen LogP contribution in [0.1, 0.15) is 58.4 Å². The van der Waals surface area contributed by atoms with Gasteiger partial charge in [0.15, 0.2) is 0 Å². The van der Waals surface area contributed by atoms with Crippen molar-refractivity contribution in [2.75, 3.05) is 0 Å². The smallest absolute Gasteiger partial charge is 0.408 e. The Bertz CT molecular complexity index is 636. The van der Waals surface area contributed by atoms with Crippen molar-refractivity contribution in [3.05, 3.63) is 35.9 Å². The van der Waals surface area contributed by atoms with Crippen LogP contribution in [0.4, 0.5) is 4.79 Å². The van der Waals surface area contributed by atoms with Crippen molar-refractivity contribution in [2.45, 2.75) is 76.6 Å². The third kappa shape index (κ3) is 3.75. The van der Waals surface area contributed by atoms with Crippen LogP contribution in [0.3, 0.4) is 0 Å². The molecule has 4 aliphatic rings. The molecule has 4 fully saturated rings. The van der Waals surface area contributed by atoms with Gasteiger partial charge in [0.25, 0.3) is 0 Å². The van der Waals surface area contributed by atoms with Crippen LogP contribution >= 0.6 is 0 Å². The van der Waals surface area contributed by atoms with Crippen LogP contribution < -0.4 is 10.6 Å². The van der Waals surface area contributed by atoms with Crippen LogP contribution in [0.5, 0.6) is 0 Å². The van der Waals surface area contributed by atoms with Gasteiger partial charge in [-0.05, 0) is 76.2 Å². The zero-order chi connectivity index (χ0) is 18.4. The lowest BCUT2D eigenvalue weighted by Gasteiger charge is -2.60. The van der Waals surface area contributed by atoms with Gasteiger partial charge in [-0.1, -0.05) is 30.3 Å². The molecule has 0 aliphatic heterocycles. The third-order valence-corrected chi connectivity index (χ3v) is 6.42. The standard InChI is InChI=1S/C22H32N2O2/c1-21(2,3)26-20(25)24-22-11-16-9-17(12-22)19(18(10-16)13-22)23-14-15-7-5-4-6-8-15/h4-8,16-19,23H,9-14H2,1-3H3,(H,24,25). The Morgan fingerprint density at radius 3 is 2.38 bits per heavy atom. The molecule has 26 heavy (non-hydrogen) atoms. The summed E-state index contributed by atoms with van der Waals surface area (Å²) >= 11 is 0. The summed E-state index contributed by atoms with van der Waals surface area (Å²) in [5.74, 6) is 2.09. The van der Waals surface area contributed by atoms with Crippen molar-refractivity contribution < 1.29 is 9.53 Å². The minimum absolute atomic E-state index is 0.0379. The van der Waals surface area contributed by atoms with Gasteiger partial charge < -0.3 is 15.4 Å². The van der Waals surface area contributed by atoms with E-state index in [9.17, 15) is 4.79 Å². The Morgan fingerprint density at radius 1 is 1.12 bits per heavy atom. The van der Waals surface area contributed by atoms with Gasteiger partial charge in [0, 0.05) is 18.1 Å². The van der Waals surface area contributed by atoms with Gasteiger partial charge in [0.2, 0.25) is 0 Å². The monoisotopic (exact) mass is 356 g/mol. The molecule has 1 aromatic rings. The second-order valence-corrected chi connectivity index (χ2v) is 9.77. The topological polar surface area (TPSA) is 50.4 Å². The molecular formula is C22H32N2O2. The van der Waals surface area contributed by atoms with Gasteiger partial charge in [0.05, 0.1) is 0 Å². The minimum atomic E-state index is -0.438. The highest BCUT2D eigenvalue weighted by atomic mass is 16.6. The van der Waals surface area contributed by atoms with E-state index >= 15 is 0 Å². The van der Waals surface area contributed by atoms with Crippen LogP contribution in [0.2, 0.25) is 0 Å². The van der Waals surface area contributed by atoms with Crippen molar-refractivity contribution in [1.29, 1.82) is 0 Å². The maximum absolute atomic E-state index is 12.4. The quantitative estimate of drug-likeness (QED) is 0.848. The predicted octanol–water partition coefficient (Wildman–Crippen LogP) is 4.25. The molecular weight excluding hydrogens is 324 g/mol. The van der Waals surface area contributed by atoms with Gasteiger partial charge in [0.1, 0.15) is 5.60 Å². The third-order valence-electron chi connectivity index (χ3n) is 6.42. The van der Waals surface area contributed by atoms with Crippen molar-refractivity contribution >= 4 is 6.09 Å². The van der Waals surface area contributed by atoms with E-state index < -0.39 is 5.60 Å². The number of hydrogen-bond donors (Lipinski definition) is 2. The number of carbonyl (C=O) groups excluding carboxylic acids is 1. The number of alkyl carbamates (subject to hydrolysis) is 1. The predicted molar refractivity (Wildman–Crippen MR) is 103 cm³/mol. The molecule has 0 radical (unpaired) electrons. The number of ether oxygens (including phenoxy) is 1. The van der Waals surface area contributed by atoms with Gasteiger partial charge >= 0.3 is 6.09 Å². The Labute approximate surface area is 157 Å². The van der Waals surface area contributed by atoms with E-state index in [-0.39, 0.29) is 11.6 Å². The number of hydrogen-bond acceptors (Lipinski definition) is 3. The van der Waals surface area contributed by atoms with E-state index in [1.54, 1.807) is 0 Å². The van der Waals surface area contributed by atoms with Crippen LogP contribution in [0.15, 0.2) is 30.3 Å². The average Bonchev–Trinajstić information content (AvgIpc) is 2.52. The van der Waals surface area contributed by atoms with Gasteiger partial charge in [-0.3, -0.25) is 0 Å². The summed E-state index contributed by atoms with van der Waals surface area (Å²) in [5, 5.41) is 7.13. The number of nitrogens with one attached hydrogen (secondary N) is 2. The number of rotatable bonds is 4. The zero-order valence-electron chi connectivity index (χ0n) is 16.3. The fourth-order valence-electron chi connectivity index (χ4n) is 5.86. The molecule has 4 saturated carbocycles. The molecule has 0 saturated heterocycles. The SMILES string of the molecule is CC(C)(C)OC(=O)NC12CC3CC(C1)C(NCc1ccccc1)C(C3)C2. The minimum Gasteiger partial charge on any atom is -0.444 e. The average molecular weight is 357 g/mol. The Morgan fingerprint density at radius 2 is 1.77 bits per heavy atom. The Balaban J connectivity index is 1.40. The Kier molecular flexibility index (Phi) is 4.50. The molecule has 0 spiro atoms. The maximum Gasteiger partial charge on any atom is 0.408 e. The van der Waals surface area contributed by atoms with E-state index in [0.717, 1.165) is 31.7 Å². The first kappa shape index (κ1) is 17.8. The highest BCUT2D eigenvalue weighted by Gasteiger charge is 2.56. The molecule has 0 aromatic heterocycles. The van der Waals surface area contributed by atoms with Gasteiger partial charge in [-0.2, -0.15) is 0 Å². The molecule has 4 bridgehead atoms. The number of benzene rings is 1. The summed E-state index contributed by atoms with van der Waals surface area (Å²) in [4.78, 5) is 12.4. The lowest BCUT2D eigenvalue weighted by molar-refractivity contribution is -0.0500. The molecule has 2 atom stereocenters. The highest BCUT2D eigenvalue weighted by molar-refractivity contribution is 5.69. The molecule has 142 valence electrons. The molecule has 0 heterocycles. The Hall–Kier alpha value is -1.55. The van der Waals surface area contributed by atoms with E-state index in [1.165, 1.54) is 18.4 Å². The molecule has 1 aromatic carbocycles. The molecule has 5 rings (SSSR count). The lowest BCUT2D eigenvalue weighted by atomic mass is 9.51. The van der Waals surface area contributed by atoms with Gasteiger partial charge in [-0.25, -0.2) is 4.79 Å². The van der Waals surface area contributed by atoms with Gasteiger partial charge in [-0.15, -0.1) is 0 Å². The van der Waals surface area contributed by atoms with Crippen molar-refractivity contribution in [3.8, 4) is 0 Å². The van der Waals surface area contributed by atoms with E-state index in [0.29, 0.717) is 17.9 Å². The van der Waals surface area contributed by atoms with E-state index in [4.69, 9.17) is 4.74 Å². The summed E-state index contributed by atoms with van der Waals surface area (Å²) < 4.78 is 5.54. The second-order valence-electron chi connectivity index (χ2n) is 9.77. The fourth-order valence-corrected chi connectivity index (χ4v) is 5.86. The summed E-state index contributed by atoms with van der Waals surface area (Å²) in [5.41, 5.74) is 0.874. The van der Waals surface area contributed by atoms with Crippen LogP contribution in [-0.4, -0.2) is 23.3 Å². The first-order valence-corrected chi connectivity index (χ1v) is 10.1. The van der Waals surface area contributed by atoms with Crippen LogP contribution in [-0.2, 0) is 11.3 Å². The van der Waals surface area contributed by atoms with Crippen LogP contribution in [0, 0.1) is 17.8 Å². The van der Waals surface area contributed by atoms with Crippen molar-refractivity contribution in [3.63, 3.8) is 0 Å². The number of carbonyl (C=O) groups is 1. The van der Waals surface area contributed by atoms with Crippen molar-refractivity contribution in [2.24, 2.45) is 17.8 Å².